The molecule has 2 heterocycles. The van der Waals surface area contributed by atoms with Gasteiger partial charge in [-0.15, -0.1) is 117 Å². The second kappa shape index (κ2) is 28.3. The molecule has 12 aromatic carbocycles. The number of aromatic nitrogens is 2. The summed E-state index contributed by atoms with van der Waals surface area (Å²) < 4.78 is 0. The van der Waals surface area contributed by atoms with Crippen molar-refractivity contribution in [3.8, 4) is 45.0 Å². The average Bonchev–Trinajstić information content (AvgIpc) is 3.59. The summed E-state index contributed by atoms with van der Waals surface area (Å²) in [6.07, 6.45) is 2.41. The summed E-state index contributed by atoms with van der Waals surface area (Å²) in [4.78, 5) is 9.73. The summed E-state index contributed by atoms with van der Waals surface area (Å²) >= 11 is 0. The first-order valence-electron chi connectivity index (χ1n) is 27.0. The first kappa shape index (κ1) is 57.6. The second-order valence-corrected chi connectivity index (χ2v) is 24.0. The molecular formula is C76H54Au2N2P2+2. The number of rotatable bonds is 11. The molecule has 2 nitrogen and oxygen atoms in total. The van der Waals surface area contributed by atoms with E-state index in [0.29, 0.717) is 0 Å². The fourth-order valence-corrected chi connectivity index (χ4v) is 15.4. The van der Waals surface area contributed by atoms with Gasteiger partial charge in [-0.05, 0) is 72.2 Å². The van der Waals surface area contributed by atoms with Crippen LogP contribution in [0.15, 0.2) is 303 Å². The van der Waals surface area contributed by atoms with E-state index in [9.17, 15) is 0 Å². The molecule has 0 aliphatic carbocycles. The Bertz CT molecular complexity index is 3790. The van der Waals surface area contributed by atoms with E-state index in [1.54, 1.807) is 0 Å². The maximum atomic E-state index is 4.86. The number of benzene rings is 12. The van der Waals surface area contributed by atoms with Gasteiger partial charge in [-0.2, -0.15) is 0 Å². The quantitative estimate of drug-likeness (QED) is 0.0733. The molecule has 0 radical (unpaired) electrons. The molecular weight excluding hydrogens is 1400 g/mol. The normalized spacial score (nSPS) is 10.8. The number of hydrogen-bond donors (Lipinski definition) is 0. The van der Waals surface area contributed by atoms with Crippen molar-refractivity contribution < 1.29 is 44.8 Å². The van der Waals surface area contributed by atoms with Crippen LogP contribution in [0.5, 0.6) is 0 Å². The Kier molecular flexibility index (Phi) is 19.9. The maximum absolute atomic E-state index is 4.86. The standard InChI is InChI=1S/C26H24P2.2C25H15N.2Au/c1-5-13-23(14-6-1)27(24-15-7-2-8-16-24)21-22-28(25-17-9-3-10-18-25)26-19-11-4-12-20-26;2*1-3-8-20-16-22(14-12-18(20)6-1)24-10-5-11-25(26-24)23-15-13-19-7-2-4-9-21(19)17-23;;/h1-20H,21-22H2;2*1-13,16-17H;;/q;2*-2;2*+3. The van der Waals surface area contributed by atoms with Gasteiger partial charge in [0, 0.05) is 0 Å². The Morgan fingerprint density at radius 1 is 0.232 bits per heavy atom. The Labute approximate surface area is 515 Å². The van der Waals surface area contributed by atoms with Crippen LogP contribution in [0.4, 0.5) is 0 Å². The Morgan fingerprint density at radius 2 is 0.439 bits per heavy atom. The fraction of sp³-hybridized carbons (Fsp3) is 0.0263. The Balaban J connectivity index is 0.000000136. The van der Waals surface area contributed by atoms with Crippen LogP contribution >= 0.6 is 15.8 Å². The minimum absolute atomic E-state index is 0. The van der Waals surface area contributed by atoms with Crippen molar-refractivity contribution in [2.75, 3.05) is 12.3 Å². The zero-order valence-electron chi connectivity index (χ0n) is 44.7. The van der Waals surface area contributed by atoms with Crippen molar-refractivity contribution >= 4 is 80.2 Å². The van der Waals surface area contributed by atoms with Gasteiger partial charge in [-0.1, -0.05) is 276 Å². The molecule has 0 aliphatic rings. The first-order valence-corrected chi connectivity index (χ1v) is 30.0. The topological polar surface area (TPSA) is 25.8 Å². The third-order valence-corrected chi connectivity index (χ3v) is 19.5. The third-order valence-electron chi connectivity index (χ3n) is 14.1. The van der Waals surface area contributed by atoms with Crippen LogP contribution in [0.25, 0.3) is 88.1 Å². The van der Waals surface area contributed by atoms with Gasteiger partial charge in [-0.25, -0.2) is 0 Å². The molecule has 14 rings (SSSR count). The number of pyridine rings is 2. The van der Waals surface area contributed by atoms with E-state index in [2.05, 4.69) is 243 Å². The van der Waals surface area contributed by atoms with E-state index in [4.69, 9.17) is 9.97 Å². The van der Waals surface area contributed by atoms with Gasteiger partial charge in [0.05, 0.1) is 0 Å². The van der Waals surface area contributed by atoms with E-state index in [0.717, 1.165) is 45.0 Å². The molecule has 398 valence electrons. The van der Waals surface area contributed by atoms with E-state index in [1.165, 1.54) is 76.6 Å². The second-order valence-electron chi connectivity index (χ2n) is 19.4. The number of nitrogens with zero attached hydrogens (tertiary/aromatic N) is 2. The molecule has 0 N–H and O–H groups in total. The summed E-state index contributed by atoms with van der Waals surface area (Å²) in [6.45, 7) is 0. The molecule has 14 aromatic rings. The average molecular weight is 1450 g/mol. The molecule has 0 fully saturated rings. The van der Waals surface area contributed by atoms with Crippen LogP contribution in [0.3, 0.4) is 0 Å². The molecule has 0 spiro atoms. The molecule has 0 unspecified atom stereocenters. The molecule has 0 saturated carbocycles. The van der Waals surface area contributed by atoms with Gasteiger partial charge in [0.1, 0.15) is 0 Å². The van der Waals surface area contributed by atoms with Crippen molar-refractivity contribution in [2.45, 2.75) is 0 Å². The van der Waals surface area contributed by atoms with Gasteiger partial charge in [0.2, 0.25) is 0 Å². The maximum Gasteiger partial charge on any atom is 3.00 e. The van der Waals surface area contributed by atoms with Gasteiger partial charge < -0.3 is 9.97 Å². The van der Waals surface area contributed by atoms with Crippen molar-refractivity contribution in [2.24, 2.45) is 0 Å². The molecule has 6 heteroatoms. The summed E-state index contributed by atoms with van der Waals surface area (Å²) in [5.41, 5.74) is 7.73. The molecule has 0 atom stereocenters. The third kappa shape index (κ3) is 14.1. The molecule has 2 aromatic heterocycles. The Morgan fingerprint density at radius 3 is 0.671 bits per heavy atom. The summed E-state index contributed by atoms with van der Waals surface area (Å²) in [7, 11) is -0.696. The summed E-state index contributed by atoms with van der Waals surface area (Å²) in [5, 5.41) is 15.4. The van der Waals surface area contributed by atoms with Gasteiger partial charge in [-0.3, -0.25) is 0 Å². The smallest absolute Gasteiger partial charge is 0.345 e. The van der Waals surface area contributed by atoms with Crippen LogP contribution in [-0.4, -0.2) is 22.3 Å². The molecule has 0 saturated heterocycles. The Hall–Kier alpha value is -7.68. The zero-order chi connectivity index (χ0) is 53.7. The summed E-state index contributed by atoms with van der Waals surface area (Å²) in [6, 6.07) is 120. The predicted molar refractivity (Wildman–Crippen MR) is 343 cm³/mol. The monoisotopic (exact) mass is 1450 g/mol. The minimum Gasteiger partial charge on any atom is -0.345 e. The van der Waals surface area contributed by atoms with Gasteiger partial charge in [0.15, 0.2) is 0 Å². The van der Waals surface area contributed by atoms with Crippen LogP contribution in [0.1, 0.15) is 0 Å². The first-order chi connectivity index (χ1) is 39.6. The van der Waals surface area contributed by atoms with Gasteiger partial charge >= 0.3 is 44.8 Å². The summed E-state index contributed by atoms with van der Waals surface area (Å²) in [5.74, 6) is 0. The van der Waals surface area contributed by atoms with Crippen molar-refractivity contribution in [1.82, 2.24) is 9.97 Å². The van der Waals surface area contributed by atoms with E-state index in [-0.39, 0.29) is 60.6 Å². The number of fused-ring (bicyclic) bond motifs is 4. The number of hydrogen-bond acceptors (Lipinski definition) is 2. The van der Waals surface area contributed by atoms with Crippen LogP contribution in [0.2, 0.25) is 0 Å². The van der Waals surface area contributed by atoms with Crippen LogP contribution < -0.4 is 21.2 Å². The molecule has 0 aliphatic heterocycles. The van der Waals surface area contributed by atoms with E-state index < -0.39 is 0 Å². The molecule has 82 heavy (non-hydrogen) atoms. The minimum atomic E-state index is -0.348. The molecule has 0 amide bonds. The largest absolute Gasteiger partial charge is 3.00 e. The zero-order valence-corrected chi connectivity index (χ0v) is 50.8. The van der Waals surface area contributed by atoms with Crippen molar-refractivity contribution in [1.29, 1.82) is 0 Å². The van der Waals surface area contributed by atoms with Crippen LogP contribution in [0, 0.1) is 24.3 Å². The van der Waals surface area contributed by atoms with Crippen molar-refractivity contribution in [3.05, 3.63) is 328 Å². The molecule has 0 bridgehead atoms. The van der Waals surface area contributed by atoms with E-state index in [1.807, 2.05) is 84.9 Å². The predicted octanol–water partition coefficient (Wildman–Crippen LogP) is 17.9. The van der Waals surface area contributed by atoms with Crippen LogP contribution in [-0.2, 0) is 44.8 Å². The van der Waals surface area contributed by atoms with Gasteiger partial charge in [0.25, 0.3) is 0 Å². The van der Waals surface area contributed by atoms with E-state index >= 15 is 0 Å². The van der Waals surface area contributed by atoms with Crippen molar-refractivity contribution in [3.63, 3.8) is 0 Å². The fourth-order valence-electron chi connectivity index (χ4n) is 10.0. The SMILES string of the molecule is [Au+3].[Au+3].[c-]1cc2ccccc2cc1-c1cccc(-c2[c-]cc3ccccc3c2)n1.[c-]1cc2ccccc2cc1-c1cccc(-c2[c-]cc3ccccc3c2)n1.c1ccc(P(CCP(c2ccccc2)c2ccccc2)c2ccccc2)cc1.